The molecule has 0 spiro atoms. The molecule has 1 N–H and O–H groups in total. The third-order valence-electron chi connectivity index (χ3n) is 2.33. The first-order chi connectivity index (χ1) is 6.66. The normalized spacial score (nSPS) is 16.3. The minimum atomic E-state index is -0.911. The summed E-state index contributed by atoms with van der Waals surface area (Å²) in [4.78, 5) is 18.2. The summed E-state index contributed by atoms with van der Waals surface area (Å²) in [5, 5.41) is 9.03. The molecule has 0 amide bonds. The van der Waals surface area contributed by atoms with Gasteiger partial charge in [-0.2, -0.15) is 0 Å². The van der Waals surface area contributed by atoms with Crippen LogP contribution in [-0.4, -0.2) is 53.4 Å². The van der Waals surface area contributed by atoms with E-state index in [-0.39, 0.29) is 23.9 Å². The number of carboxylic acid groups (broad SMARTS) is 1. The maximum atomic E-state index is 10.7. The Kier molecular flexibility index (Phi) is 4.35. The molecule has 0 saturated heterocycles. The van der Waals surface area contributed by atoms with Crippen molar-refractivity contribution in [3.63, 3.8) is 0 Å². The molecule has 0 saturated carbocycles. The summed E-state index contributed by atoms with van der Waals surface area (Å²) in [6.07, 6.45) is 1.97. The Morgan fingerprint density at radius 3 is 3.00 bits per heavy atom. The zero-order chi connectivity index (χ0) is 10.1. The maximum absolute atomic E-state index is 10.7. The van der Waals surface area contributed by atoms with Crippen molar-refractivity contribution in [3.8, 4) is 0 Å². The fraction of sp³-hybridized carbons (Fsp3) is 0.556. The van der Waals surface area contributed by atoms with Crippen LogP contribution in [0.5, 0.6) is 0 Å². The van der Waals surface area contributed by atoms with E-state index in [1.807, 2.05) is 0 Å². The first-order valence-corrected chi connectivity index (χ1v) is 5.39. The Morgan fingerprint density at radius 2 is 2.33 bits per heavy atom. The van der Waals surface area contributed by atoms with Gasteiger partial charge in [-0.05, 0) is 26.4 Å². The van der Waals surface area contributed by atoms with Gasteiger partial charge in [-0.25, -0.2) is 9.78 Å². The Morgan fingerprint density at radius 1 is 1.60 bits per heavy atom. The second-order valence-corrected chi connectivity index (χ2v) is 4.62. The van der Waals surface area contributed by atoms with Crippen molar-refractivity contribution in [1.82, 2.24) is 9.88 Å². The number of fused-ring (bicyclic) bond motifs is 1. The third kappa shape index (κ3) is 2.82. The Hall–Kier alpha value is -0.343. The quantitative estimate of drug-likeness (QED) is 0.703. The molecule has 4 nitrogen and oxygen atoms in total. The van der Waals surface area contributed by atoms with E-state index in [1.165, 1.54) is 11.3 Å². The number of aromatic nitrogens is 1. The number of hydrogen-bond acceptors (Lipinski definition) is 4. The molecule has 0 fully saturated rings. The van der Waals surface area contributed by atoms with Crippen molar-refractivity contribution in [2.75, 3.05) is 13.6 Å². The molecule has 15 heavy (non-hydrogen) atoms. The summed E-state index contributed by atoms with van der Waals surface area (Å²) in [6.45, 7) is 1.89. The van der Waals surface area contributed by atoms with E-state index in [9.17, 15) is 4.79 Å². The Balaban J connectivity index is 0.00000112. The summed E-state index contributed by atoms with van der Waals surface area (Å²) >= 11 is 1.31. The van der Waals surface area contributed by atoms with Crippen molar-refractivity contribution < 1.29 is 9.90 Å². The summed E-state index contributed by atoms with van der Waals surface area (Å²) in [5.41, 5.74) is 0.983. The molecule has 1 aliphatic rings. The minimum absolute atomic E-state index is 0. The Labute approximate surface area is 104 Å². The molecule has 1 aromatic heterocycles. The van der Waals surface area contributed by atoms with Gasteiger partial charge in [0.1, 0.15) is 0 Å². The number of thiazole rings is 1. The summed E-state index contributed by atoms with van der Waals surface area (Å²) in [7, 11) is 2.05. The van der Waals surface area contributed by atoms with Gasteiger partial charge in [0, 0.05) is 11.4 Å². The van der Waals surface area contributed by atoms with Crippen LogP contribution in [0.3, 0.4) is 0 Å². The molecule has 0 aromatic carbocycles. The van der Waals surface area contributed by atoms with Crippen LogP contribution >= 0.6 is 11.3 Å². The van der Waals surface area contributed by atoms with Crippen molar-refractivity contribution in [2.24, 2.45) is 0 Å². The molecule has 2 rings (SSSR count). The van der Waals surface area contributed by atoms with Gasteiger partial charge in [-0.3, -0.25) is 0 Å². The molecule has 0 aliphatic carbocycles. The van der Waals surface area contributed by atoms with Crippen LogP contribution < -0.4 is 0 Å². The third-order valence-corrected chi connectivity index (χ3v) is 3.40. The van der Waals surface area contributed by atoms with Crippen molar-refractivity contribution in [1.29, 1.82) is 0 Å². The predicted octanol–water partition coefficient (Wildman–Crippen LogP) is 0.571. The zero-order valence-corrected chi connectivity index (χ0v) is 8.80. The van der Waals surface area contributed by atoms with E-state index in [4.69, 9.17) is 5.11 Å². The molecule has 1 aromatic rings. The average molecular weight is 220 g/mol. The molecule has 0 bridgehead atoms. The molecule has 0 unspecified atom stereocenters. The van der Waals surface area contributed by atoms with Crippen LogP contribution in [-0.2, 0) is 13.0 Å². The fourth-order valence-corrected chi connectivity index (χ4v) is 2.66. The van der Waals surface area contributed by atoms with Crippen LogP contribution in [0.4, 0.5) is 0 Å². The van der Waals surface area contributed by atoms with Crippen LogP contribution in [0.2, 0.25) is 0 Å². The van der Waals surface area contributed by atoms with E-state index in [2.05, 4.69) is 16.9 Å². The molecular weight excluding hydrogens is 207 g/mol. The average Bonchev–Trinajstić information content (AvgIpc) is 2.42. The van der Waals surface area contributed by atoms with Gasteiger partial charge < -0.3 is 10.0 Å². The van der Waals surface area contributed by atoms with Gasteiger partial charge in [0.05, 0.1) is 5.69 Å². The number of carboxylic acids is 1. The summed E-state index contributed by atoms with van der Waals surface area (Å²) < 4.78 is 0. The number of hydrogen-bond donors (Lipinski definition) is 1. The molecule has 0 radical (unpaired) electrons. The monoisotopic (exact) mass is 220 g/mol. The second-order valence-electron chi connectivity index (χ2n) is 3.54. The number of nitrogens with zero attached hydrogens (tertiary/aromatic N) is 2. The van der Waals surface area contributed by atoms with E-state index >= 15 is 0 Å². The zero-order valence-electron chi connectivity index (χ0n) is 7.99. The molecule has 6 heteroatoms. The number of aryl methyl sites for hydroxylation is 1. The van der Waals surface area contributed by atoms with Gasteiger partial charge in [-0.1, -0.05) is 0 Å². The van der Waals surface area contributed by atoms with E-state index < -0.39 is 5.97 Å². The van der Waals surface area contributed by atoms with Crippen LogP contribution in [0.1, 0.15) is 26.8 Å². The molecule has 1 aliphatic heterocycles. The fourth-order valence-electron chi connectivity index (χ4n) is 1.63. The van der Waals surface area contributed by atoms with Crippen molar-refractivity contribution in [2.45, 2.75) is 19.4 Å². The van der Waals surface area contributed by atoms with Crippen LogP contribution in [0, 0.1) is 0 Å². The van der Waals surface area contributed by atoms with Gasteiger partial charge >= 0.3 is 24.8 Å². The number of carbonyl (C=O) groups is 1. The van der Waals surface area contributed by atoms with Crippen molar-refractivity contribution >= 4 is 36.2 Å². The molecule has 78 valence electrons. The van der Waals surface area contributed by atoms with Crippen molar-refractivity contribution in [3.05, 3.63) is 15.6 Å². The first-order valence-electron chi connectivity index (χ1n) is 4.57. The molecule has 0 atom stereocenters. The standard InChI is InChI=1S/C9H12N2O2S.Li.H/c1-11-4-2-3-6-7(5-11)14-8(10-6)9(12)13;;/h2-5H2,1H3,(H,12,13);;. The predicted molar refractivity (Wildman–Crippen MR) is 60.9 cm³/mol. The number of rotatable bonds is 1. The van der Waals surface area contributed by atoms with E-state index in [1.54, 1.807) is 0 Å². The number of aromatic carboxylic acids is 1. The summed E-state index contributed by atoms with van der Waals surface area (Å²) in [6, 6.07) is 0. The summed E-state index contributed by atoms with van der Waals surface area (Å²) in [5.74, 6) is -0.911. The molecule has 2 heterocycles. The topological polar surface area (TPSA) is 53.4 Å². The van der Waals surface area contributed by atoms with Gasteiger partial charge in [0.2, 0.25) is 5.01 Å². The van der Waals surface area contributed by atoms with Gasteiger partial charge in [0.25, 0.3) is 0 Å². The molecular formula is C9H13LiN2O2S. The van der Waals surface area contributed by atoms with E-state index in [0.29, 0.717) is 0 Å². The van der Waals surface area contributed by atoms with E-state index in [0.717, 1.165) is 36.5 Å². The Bertz CT molecular complexity index is 367. The second kappa shape index (κ2) is 5.13. The first kappa shape index (κ1) is 12.7. The van der Waals surface area contributed by atoms with Gasteiger partial charge in [0.15, 0.2) is 0 Å². The van der Waals surface area contributed by atoms with Gasteiger partial charge in [-0.15, -0.1) is 11.3 Å². The van der Waals surface area contributed by atoms with Crippen LogP contribution in [0.15, 0.2) is 0 Å². The SMILES string of the molecule is CN1CCCc2nc(C(=O)O)sc2C1.[LiH]. The van der Waals surface area contributed by atoms with Crippen LogP contribution in [0.25, 0.3) is 0 Å².